The molecule has 0 spiro atoms. The molecule has 0 atom stereocenters. The fourth-order valence-corrected chi connectivity index (χ4v) is 3.18. The second kappa shape index (κ2) is 7.96. The smallest absolute Gasteiger partial charge is 0.323 e. The van der Waals surface area contributed by atoms with Gasteiger partial charge in [-0.25, -0.2) is 14.8 Å². The number of hydrogen-bond donors (Lipinski definition) is 3. The third-order valence-corrected chi connectivity index (χ3v) is 4.57. The van der Waals surface area contributed by atoms with Crippen molar-refractivity contribution in [3.05, 3.63) is 60.8 Å². The number of nitrogens with zero attached hydrogens (tertiary/aromatic N) is 3. The highest BCUT2D eigenvalue weighted by molar-refractivity contribution is 6.00. The van der Waals surface area contributed by atoms with E-state index in [1.165, 1.54) is 25.0 Å². The first-order valence-electron chi connectivity index (χ1n) is 9.23. The summed E-state index contributed by atoms with van der Waals surface area (Å²) in [6, 6.07) is 15.3. The lowest BCUT2D eigenvalue weighted by atomic mass is 10.2. The van der Waals surface area contributed by atoms with Crippen molar-refractivity contribution < 1.29 is 9.90 Å². The quantitative estimate of drug-likeness (QED) is 0.598. The number of urea groups is 1. The average molecular weight is 375 g/mol. The molecule has 0 radical (unpaired) electrons. The molecule has 7 heteroatoms. The molecule has 2 heterocycles. The van der Waals surface area contributed by atoms with E-state index in [0.29, 0.717) is 17.2 Å². The highest BCUT2D eigenvalue weighted by Crippen LogP contribution is 2.23. The Morgan fingerprint density at radius 2 is 1.71 bits per heavy atom. The standard InChI is InChI=1S/C21H21N5O2/c27-18-8-6-16(7-9-18)23-21(28)24-17-5-3-4-15(14-17)20-22-11-10-19(25-20)26-12-1-2-13-26/h3-11,14,27H,1-2,12-13H2,(H2,23,24,28). The van der Waals surface area contributed by atoms with Crippen molar-refractivity contribution in [1.82, 2.24) is 9.97 Å². The van der Waals surface area contributed by atoms with Crippen LogP contribution < -0.4 is 15.5 Å². The molecule has 28 heavy (non-hydrogen) atoms. The summed E-state index contributed by atoms with van der Waals surface area (Å²) in [6.45, 7) is 2.05. The summed E-state index contributed by atoms with van der Waals surface area (Å²) in [4.78, 5) is 23.6. The fourth-order valence-electron chi connectivity index (χ4n) is 3.18. The van der Waals surface area contributed by atoms with Crippen molar-refractivity contribution in [2.75, 3.05) is 28.6 Å². The number of anilines is 3. The number of nitrogens with one attached hydrogen (secondary N) is 2. The number of hydrogen-bond acceptors (Lipinski definition) is 5. The monoisotopic (exact) mass is 375 g/mol. The minimum atomic E-state index is -0.366. The van der Waals surface area contributed by atoms with Gasteiger partial charge in [0.1, 0.15) is 11.6 Å². The first kappa shape index (κ1) is 17.8. The molecule has 1 saturated heterocycles. The second-order valence-corrected chi connectivity index (χ2v) is 6.64. The normalized spacial score (nSPS) is 13.4. The van der Waals surface area contributed by atoms with Crippen molar-refractivity contribution in [3.8, 4) is 17.1 Å². The van der Waals surface area contributed by atoms with Crippen molar-refractivity contribution >= 4 is 23.2 Å². The summed E-state index contributed by atoms with van der Waals surface area (Å²) >= 11 is 0. The van der Waals surface area contributed by atoms with Crippen LogP contribution in [0.1, 0.15) is 12.8 Å². The van der Waals surface area contributed by atoms with Crippen LogP contribution in [-0.2, 0) is 0 Å². The number of phenols is 1. The van der Waals surface area contributed by atoms with E-state index in [2.05, 4.69) is 25.5 Å². The first-order valence-corrected chi connectivity index (χ1v) is 9.23. The number of phenolic OH excluding ortho intramolecular Hbond substituents is 1. The van der Waals surface area contributed by atoms with Gasteiger partial charge in [0.25, 0.3) is 0 Å². The molecule has 0 unspecified atom stereocenters. The van der Waals surface area contributed by atoms with Gasteiger partial charge in [0.15, 0.2) is 5.82 Å². The first-order chi connectivity index (χ1) is 13.7. The van der Waals surface area contributed by atoms with Crippen LogP contribution in [0.15, 0.2) is 60.8 Å². The van der Waals surface area contributed by atoms with Crippen molar-refractivity contribution in [3.63, 3.8) is 0 Å². The molecule has 4 rings (SSSR count). The van der Waals surface area contributed by atoms with Crippen LogP contribution in [0.3, 0.4) is 0 Å². The molecule has 1 aliphatic rings. The number of aromatic hydroxyl groups is 1. The predicted octanol–water partition coefficient (Wildman–Crippen LogP) is 4.09. The molecule has 1 fully saturated rings. The zero-order valence-electron chi connectivity index (χ0n) is 15.3. The highest BCUT2D eigenvalue weighted by atomic mass is 16.3. The molecule has 142 valence electrons. The SMILES string of the molecule is O=C(Nc1ccc(O)cc1)Nc1cccc(-c2nccc(N3CCCC3)n2)c1. The molecule has 1 aliphatic heterocycles. The van der Waals surface area contributed by atoms with Crippen LogP contribution in [0.4, 0.5) is 22.0 Å². The minimum absolute atomic E-state index is 0.148. The van der Waals surface area contributed by atoms with Crippen LogP contribution >= 0.6 is 0 Å². The number of carbonyl (C=O) groups excluding carboxylic acids is 1. The van der Waals surface area contributed by atoms with Gasteiger partial charge in [-0.05, 0) is 55.3 Å². The molecular formula is C21H21N5O2. The van der Waals surface area contributed by atoms with Crippen LogP contribution in [-0.4, -0.2) is 34.2 Å². The van der Waals surface area contributed by atoms with Gasteiger partial charge < -0.3 is 20.6 Å². The van der Waals surface area contributed by atoms with Gasteiger partial charge in [-0.2, -0.15) is 0 Å². The van der Waals surface area contributed by atoms with Crippen LogP contribution in [0.5, 0.6) is 5.75 Å². The Bertz CT molecular complexity index is 969. The Morgan fingerprint density at radius 3 is 2.50 bits per heavy atom. The van der Waals surface area contributed by atoms with Crippen molar-refractivity contribution in [2.24, 2.45) is 0 Å². The molecule has 3 N–H and O–H groups in total. The van der Waals surface area contributed by atoms with E-state index in [1.54, 1.807) is 18.3 Å². The van der Waals surface area contributed by atoms with Crippen LogP contribution in [0, 0.1) is 0 Å². The number of amides is 2. The third kappa shape index (κ3) is 4.20. The number of aromatic nitrogens is 2. The van der Waals surface area contributed by atoms with E-state index >= 15 is 0 Å². The summed E-state index contributed by atoms with van der Waals surface area (Å²) in [5.74, 6) is 1.72. The maximum Gasteiger partial charge on any atom is 0.323 e. The summed E-state index contributed by atoms with van der Waals surface area (Å²) in [5, 5.41) is 14.8. The Morgan fingerprint density at radius 1 is 0.964 bits per heavy atom. The Balaban J connectivity index is 1.47. The molecule has 2 aromatic carbocycles. The predicted molar refractivity (Wildman–Crippen MR) is 110 cm³/mol. The summed E-state index contributed by atoms with van der Waals surface area (Å²) < 4.78 is 0. The number of benzene rings is 2. The molecule has 0 bridgehead atoms. The lowest BCUT2D eigenvalue weighted by molar-refractivity contribution is 0.262. The van der Waals surface area contributed by atoms with Gasteiger partial charge in [-0.1, -0.05) is 12.1 Å². The minimum Gasteiger partial charge on any atom is -0.508 e. The van der Waals surface area contributed by atoms with Crippen LogP contribution in [0.25, 0.3) is 11.4 Å². The lowest BCUT2D eigenvalue weighted by Gasteiger charge is -2.16. The van der Waals surface area contributed by atoms with Gasteiger partial charge in [0.05, 0.1) is 0 Å². The summed E-state index contributed by atoms with van der Waals surface area (Å²) in [5.41, 5.74) is 2.07. The topological polar surface area (TPSA) is 90.4 Å². The van der Waals surface area contributed by atoms with Gasteiger partial charge in [0.2, 0.25) is 0 Å². The molecule has 0 saturated carbocycles. The lowest BCUT2D eigenvalue weighted by Crippen LogP contribution is -2.19. The molecule has 7 nitrogen and oxygen atoms in total. The molecule has 3 aromatic rings. The van der Waals surface area contributed by atoms with E-state index in [0.717, 1.165) is 24.5 Å². The van der Waals surface area contributed by atoms with Gasteiger partial charge >= 0.3 is 6.03 Å². The van der Waals surface area contributed by atoms with Crippen LogP contribution in [0.2, 0.25) is 0 Å². The average Bonchev–Trinajstić information content (AvgIpc) is 3.25. The summed E-state index contributed by atoms with van der Waals surface area (Å²) in [7, 11) is 0. The van der Waals surface area contributed by atoms with Crippen molar-refractivity contribution in [1.29, 1.82) is 0 Å². The molecule has 0 aliphatic carbocycles. The maximum atomic E-state index is 12.2. The third-order valence-electron chi connectivity index (χ3n) is 4.57. The molecule has 1 aromatic heterocycles. The Hall–Kier alpha value is -3.61. The molecular weight excluding hydrogens is 354 g/mol. The highest BCUT2D eigenvalue weighted by Gasteiger charge is 2.14. The zero-order valence-corrected chi connectivity index (χ0v) is 15.3. The number of carbonyl (C=O) groups is 1. The number of rotatable bonds is 4. The zero-order chi connectivity index (χ0) is 19.3. The van der Waals surface area contributed by atoms with Gasteiger partial charge in [-0.15, -0.1) is 0 Å². The van der Waals surface area contributed by atoms with E-state index in [4.69, 9.17) is 0 Å². The Labute approximate surface area is 163 Å². The van der Waals surface area contributed by atoms with E-state index in [9.17, 15) is 9.90 Å². The maximum absolute atomic E-state index is 12.2. The molecule has 2 amide bonds. The summed E-state index contributed by atoms with van der Waals surface area (Å²) in [6.07, 6.45) is 4.15. The second-order valence-electron chi connectivity index (χ2n) is 6.64. The van der Waals surface area contributed by atoms with Crippen molar-refractivity contribution in [2.45, 2.75) is 12.8 Å². The largest absolute Gasteiger partial charge is 0.508 e. The van der Waals surface area contributed by atoms with E-state index in [1.807, 2.05) is 30.3 Å². The Kier molecular flexibility index (Phi) is 5.05. The van der Waals surface area contributed by atoms with Gasteiger partial charge in [0, 0.05) is 36.2 Å². The van der Waals surface area contributed by atoms with Gasteiger partial charge in [-0.3, -0.25) is 0 Å². The van der Waals surface area contributed by atoms with E-state index < -0.39 is 0 Å². The van der Waals surface area contributed by atoms with E-state index in [-0.39, 0.29) is 11.8 Å². The fraction of sp³-hybridized carbons (Fsp3) is 0.190.